The van der Waals surface area contributed by atoms with Crippen LogP contribution in [-0.4, -0.2) is 30.4 Å². The number of aryl methyl sites for hydroxylation is 2. The van der Waals surface area contributed by atoms with E-state index in [1.807, 2.05) is 11.5 Å². The molecule has 5 aromatic rings. The van der Waals surface area contributed by atoms with E-state index in [0.717, 1.165) is 5.56 Å². The van der Waals surface area contributed by atoms with E-state index in [0.29, 0.717) is 39.5 Å². The Bertz CT molecular complexity index is 2220. The highest BCUT2D eigenvalue weighted by Crippen LogP contribution is 2.42. The molecule has 0 aliphatic carbocycles. The molecule has 0 saturated heterocycles. The minimum atomic E-state index is -5.76. The summed E-state index contributed by atoms with van der Waals surface area (Å²) in [5.41, 5.74) is 2.79. The van der Waals surface area contributed by atoms with Crippen LogP contribution in [0.1, 0.15) is 38.8 Å². The van der Waals surface area contributed by atoms with Crippen molar-refractivity contribution in [3.05, 3.63) is 106 Å². The summed E-state index contributed by atoms with van der Waals surface area (Å²) >= 11 is 0. The summed E-state index contributed by atoms with van der Waals surface area (Å²) in [4.78, 5) is 24.2. The monoisotopic (exact) mass is 628 g/mol. The second kappa shape index (κ2) is 10.3. The molecule has 224 valence electrons. The zero-order valence-electron chi connectivity index (χ0n) is 22.5. The van der Waals surface area contributed by atoms with E-state index >= 15 is 0 Å². The molecule has 0 radical (unpaired) electrons. The third-order valence-corrected chi connectivity index (χ3v) is 8.36. The number of Topliss-reactive ketones (excluding diaryl/α,β-unsaturated/α-hetero) is 1. The summed E-state index contributed by atoms with van der Waals surface area (Å²) in [6.07, 6.45) is 0. The number of ether oxygens (including phenoxy) is 1. The first-order valence-corrected chi connectivity index (χ1v) is 14.2. The SMILES string of the molecule is CCn1c2ccc(C(=O)c3ccccc3C)cc2c2c3c(ccc21)C(=O)C(=NOS(=O)(=O)c1c(F)c(F)c(F)c(F)c1F)O3. The molecule has 0 amide bonds. The molecule has 0 atom stereocenters. The standard InChI is InChI=1S/C30H17F5N2O6S/c1-3-37-18-10-8-14(26(38)15-7-5-4-6-13(15)2)12-17(18)20-19(37)11-9-16-27(39)30(42-28(16)20)36-43-44(40,41)29-24(34)22(32)21(31)23(33)25(29)35/h4-12H,3H2,1-2H3. The van der Waals surface area contributed by atoms with Crippen molar-refractivity contribution in [1.29, 1.82) is 0 Å². The van der Waals surface area contributed by atoms with E-state index in [1.165, 1.54) is 6.07 Å². The number of fused-ring (bicyclic) bond motifs is 5. The molecule has 0 spiro atoms. The summed E-state index contributed by atoms with van der Waals surface area (Å²) in [5, 5.41) is 3.95. The number of hydrogen-bond donors (Lipinski definition) is 0. The second-order valence-corrected chi connectivity index (χ2v) is 11.2. The van der Waals surface area contributed by atoms with E-state index in [-0.39, 0.29) is 17.1 Å². The fraction of sp³-hybridized carbons (Fsp3) is 0.100. The van der Waals surface area contributed by atoms with Gasteiger partial charge < -0.3 is 9.30 Å². The summed E-state index contributed by atoms with van der Waals surface area (Å²) in [5.74, 6) is -15.2. The predicted octanol–water partition coefficient (Wildman–Crippen LogP) is 6.34. The van der Waals surface area contributed by atoms with Gasteiger partial charge in [0.1, 0.15) is 0 Å². The van der Waals surface area contributed by atoms with E-state index < -0.39 is 55.8 Å². The third kappa shape index (κ3) is 4.24. The number of carbonyl (C=O) groups is 2. The van der Waals surface area contributed by atoms with Crippen molar-refractivity contribution in [2.75, 3.05) is 0 Å². The summed E-state index contributed by atoms with van der Waals surface area (Å²) < 4.78 is 105. The van der Waals surface area contributed by atoms with E-state index in [4.69, 9.17) is 4.74 Å². The van der Waals surface area contributed by atoms with Crippen LogP contribution < -0.4 is 4.74 Å². The maximum atomic E-state index is 14.1. The molecule has 0 bridgehead atoms. The van der Waals surface area contributed by atoms with Crippen LogP contribution in [0.15, 0.2) is 64.6 Å². The minimum Gasteiger partial charge on any atom is -0.432 e. The highest BCUT2D eigenvalue weighted by molar-refractivity contribution is 7.86. The van der Waals surface area contributed by atoms with Gasteiger partial charge in [-0.15, -0.1) is 0 Å². The number of rotatable bonds is 6. The maximum absolute atomic E-state index is 14.1. The molecule has 0 saturated carbocycles. The Kier molecular flexibility index (Phi) is 6.76. The van der Waals surface area contributed by atoms with Gasteiger partial charge in [-0.1, -0.05) is 24.3 Å². The molecule has 2 heterocycles. The Balaban J connectivity index is 1.44. The van der Waals surface area contributed by atoms with Crippen LogP contribution in [-0.2, 0) is 20.9 Å². The van der Waals surface area contributed by atoms with Crippen molar-refractivity contribution in [1.82, 2.24) is 4.57 Å². The number of oxime groups is 1. The molecule has 0 fully saturated rings. The van der Waals surface area contributed by atoms with E-state index in [2.05, 4.69) is 9.44 Å². The Labute approximate surface area is 245 Å². The van der Waals surface area contributed by atoms with Crippen LogP contribution in [0.25, 0.3) is 21.8 Å². The molecule has 4 aromatic carbocycles. The molecule has 6 rings (SSSR count). The van der Waals surface area contributed by atoms with Gasteiger partial charge in [-0.2, -0.15) is 8.42 Å². The van der Waals surface area contributed by atoms with Crippen molar-refractivity contribution in [3.63, 3.8) is 0 Å². The third-order valence-electron chi connectivity index (χ3n) is 7.23. The molecule has 1 aliphatic rings. The number of nitrogens with zero attached hydrogens (tertiary/aromatic N) is 2. The lowest BCUT2D eigenvalue weighted by Gasteiger charge is -2.07. The molecule has 0 unspecified atom stereocenters. The fourth-order valence-corrected chi connectivity index (χ4v) is 6.01. The van der Waals surface area contributed by atoms with Crippen molar-refractivity contribution in [2.24, 2.45) is 5.16 Å². The largest absolute Gasteiger partial charge is 0.432 e. The van der Waals surface area contributed by atoms with Crippen LogP contribution in [0.2, 0.25) is 0 Å². The van der Waals surface area contributed by atoms with Crippen LogP contribution in [0.5, 0.6) is 5.75 Å². The lowest BCUT2D eigenvalue weighted by molar-refractivity contribution is 0.103. The molecule has 0 N–H and O–H groups in total. The van der Waals surface area contributed by atoms with Gasteiger partial charge in [0, 0.05) is 28.6 Å². The number of aromatic nitrogens is 1. The van der Waals surface area contributed by atoms with Gasteiger partial charge in [0.15, 0.2) is 39.7 Å². The number of halogens is 5. The van der Waals surface area contributed by atoms with Gasteiger partial charge in [0.25, 0.3) is 5.78 Å². The van der Waals surface area contributed by atoms with Crippen LogP contribution in [0, 0.1) is 36.0 Å². The molecular formula is C30H17F5N2O6S. The zero-order valence-corrected chi connectivity index (χ0v) is 23.4. The first-order chi connectivity index (χ1) is 20.9. The fourth-order valence-electron chi connectivity index (χ4n) is 5.15. The molecule has 8 nitrogen and oxygen atoms in total. The highest BCUT2D eigenvalue weighted by Gasteiger charge is 2.37. The number of ketones is 2. The summed E-state index contributed by atoms with van der Waals surface area (Å²) in [6, 6.07) is 15.1. The maximum Gasteiger partial charge on any atom is 0.364 e. The number of carbonyl (C=O) groups excluding carboxylic acids is 2. The lowest BCUT2D eigenvalue weighted by Crippen LogP contribution is -2.17. The quantitative estimate of drug-likeness (QED) is 0.0715. The van der Waals surface area contributed by atoms with E-state index in [1.54, 1.807) is 55.5 Å². The first kappa shape index (κ1) is 29.0. The highest BCUT2D eigenvalue weighted by atomic mass is 32.2. The lowest BCUT2D eigenvalue weighted by atomic mass is 9.97. The summed E-state index contributed by atoms with van der Waals surface area (Å²) in [7, 11) is -5.76. The molecule has 1 aliphatic heterocycles. The van der Waals surface area contributed by atoms with Crippen molar-refractivity contribution < 1.29 is 49.0 Å². The summed E-state index contributed by atoms with van der Waals surface area (Å²) in [6.45, 7) is 4.15. The van der Waals surface area contributed by atoms with Crippen LogP contribution >= 0.6 is 0 Å². The molecule has 14 heteroatoms. The molecular weight excluding hydrogens is 611 g/mol. The molecule has 1 aromatic heterocycles. The first-order valence-electron chi connectivity index (χ1n) is 12.8. The number of hydrogen-bond acceptors (Lipinski definition) is 7. The normalized spacial score (nSPS) is 14.0. The van der Waals surface area contributed by atoms with Gasteiger partial charge in [-0.05, 0) is 54.9 Å². The average molecular weight is 629 g/mol. The van der Waals surface area contributed by atoms with Crippen molar-refractivity contribution >= 4 is 49.4 Å². The van der Waals surface area contributed by atoms with Gasteiger partial charge in [0.2, 0.25) is 5.82 Å². The number of benzene rings is 4. The van der Waals surface area contributed by atoms with Gasteiger partial charge in [-0.25, -0.2) is 22.0 Å². The van der Waals surface area contributed by atoms with Crippen LogP contribution in [0.3, 0.4) is 0 Å². The minimum absolute atomic E-state index is 0.0684. The van der Waals surface area contributed by atoms with Crippen molar-refractivity contribution in [3.8, 4) is 5.75 Å². The Morgan fingerprint density at radius 2 is 1.55 bits per heavy atom. The molecule has 44 heavy (non-hydrogen) atoms. The second-order valence-electron chi connectivity index (χ2n) is 9.71. The van der Waals surface area contributed by atoms with Gasteiger partial charge in [0.05, 0.1) is 16.5 Å². The zero-order chi connectivity index (χ0) is 31.7. The van der Waals surface area contributed by atoms with Crippen LogP contribution in [0.4, 0.5) is 22.0 Å². The Hall–Kier alpha value is -5.11. The smallest absolute Gasteiger partial charge is 0.364 e. The van der Waals surface area contributed by atoms with Gasteiger partial charge >= 0.3 is 16.0 Å². The van der Waals surface area contributed by atoms with Gasteiger partial charge in [-0.3, -0.25) is 13.9 Å². The topological polar surface area (TPSA) is 104 Å². The Morgan fingerprint density at radius 3 is 2.20 bits per heavy atom. The van der Waals surface area contributed by atoms with E-state index in [9.17, 15) is 40.0 Å². The van der Waals surface area contributed by atoms with Crippen molar-refractivity contribution in [2.45, 2.75) is 25.3 Å². The Morgan fingerprint density at radius 1 is 0.909 bits per heavy atom. The predicted molar refractivity (Wildman–Crippen MR) is 147 cm³/mol. The average Bonchev–Trinajstić information content (AvgIpc) is 3.51.